The molecule has 32 heavy (non-hydrogen) atoms. The van der Waals surface area contributed by atoms with E-state index < -0.39 is 0 Å². The van der Waals surface area contributed by atoms with Crippen LogP contribution < -0.4 is 4.74 Å². The van der Waals surface area contributed by atoms with Gasteiger partial charge in [0.25, 0.3) is 0 Å². The summed E-state index contributed by atoms with van der Waals surface area (Å²) in [6.45, 7) is 4.18. The molecule has 0 spiro atoms. The number of hydrogen-bond donors (Lipinski definition) is 0. The lowest BCUT2D eigenvalue weighted by Gasteiger charge is -2.33. The number of carbonyl (C=O) groups is 1. The highest BCUT2D eigenvalue weighted by molar-refractivity contribution is 9.11. The topological polar surface area (TPSA) is 51.1 Å². The molecule has 0 saturated carbocycles. The van der Waals surface area contributed by atoms with Gasteiger partial charge in [-0.15, -0.1) is 0 Å². The third-order valence-corrected chi connectivity index (χ3v) is 6.90. The average Bonchev–Trinajstić information content (AvgIpc) is 3.21. The molecule has 2 aliphatic heterocycles. The van der Waals surface area contributed by atoms with Crippen molar-refractivity contribution in [3.8, 4) is 5.75 Å². The Labute approximate surface area is 206 Å². The lowest BCUT2D eigenvalue weighted by molar-refractivity contribution is -0.139. The average molecular weight is 582 g/mol. The summed E-state index contributed by atoms with van der Waals surface area (Å²) in [5, 5.41) is 2.75. The van der Waals surface area contributed by atoms with Crippen LogP contribution in [0.1, 0.15) is 31.0 Å². The Kier molecular flexibility index (Phi) is 7.07. The first-order chi connectivity index (χ1) is 15.4. The fourth-order valence-electron chi connectivity index (χ4n) is 3.51. The molecule has 0 radical (unpaired) electrons. The van der Waals surface area contributed by atoms with Gasteiger partial charge in [0, 0.05) is 6.20 Å². The maximum absolute atomic E-state index is 13.1. The number of esters is 1. The van der Waals surface area contributed by atoms with Crippen LogP contribution in [-0.2, 0) is 16.1 Å². The zero-order valence-corrected chi connectivity index (χ0v) is 21.3. The number of halogens is 3. The minimum Gasteiger partial charge on any atom is -0.487 e. The van der Waals surface area contributed by atoms with Crippen molar-refractivity contribution in [3.05, 3.63) is 85.2 Å². The van der Waals surface area contributed by atoms with Gasteiger partial charge in [0.05, 0.1) is 32.9 Å². The summed E-state index contributed by atoms with van der Waals surface area (Å²) in [7, 11) is 0. The quantitative estimate of drug-likeness (QED) is 0.355. The molecule has 0 fully saturated rings. The molecule has 166 valence electrons. The third-order valence-electron chi connectivity index (χ3n) is 4.95. The molecule has 2 aliphatic rings. The molecule has 0 bridgehead atoms. The molecule has 2 aromatic rings. The van der Waals surface area contributed by atoms with Crippen molar-refractivity contribution in [3.63, 3.8) is 0 Å². The number of allylic oxidation sites excluding steroid dienone is 1. The van der Waals surface area contributed by atoms with E-state index in [1.165, 1.54) is 23.9 Å². The molecule has 0 saturated heterocycles. The molecule has 4 rings (SSSR count). The van der Waals surface area contributed by atoms with Gasteiger partial charge in [0.2, 0.25) is 0 Å². The number of benzene rings is 2. The first-order valence-corrected chi connectivity index (χ1v) is 12.3. The molecule has 0 amide bonds. The highest BCUT2D eigenvalue weighted by Gasteiger charge is 2.38. The highest BCUT2D eigenvalue weighted by atomic mass is 79.9. The summed E-state index contributed by atoms with van der Waals surface area (Å²) in [5.74, 6) is -0.0507. The summed E-state index contributed by atoms with van der Waals surface area (Å²) >= 11 is 8.72. The summed E-state index contributed by atoms with van der Waals surface area (Å²) in [4.78, 5) is 19.4. The SMILES string of the molecule is CCOC(=O)C1=C(C)N=C2SC=CN2[C@H]1c1cc(Br)c(OCc2ccc(F)cc2)c(Br)c1. The molecule has 0 aromatic heterocycles. The minimum atomic E-state index is -0.383. The predicted molar refractivity (Wildman–Crippen MR) is 131 cm³/mol. The Balaban J connectivity index is 1.67. The minimum absolute atomic E-state index is 0.285. The van der Waals surface area contributed by atoms with Gasteiger partial charge >= 0.3 is 5.97 Å². The van der Waals surface area contributed by atoms with Crippen molar-refractivity contribution in [1.29, 1.82) is 0 Å². The van der Waals surface area contributed by atoms with E-state index in [2.05, 4.69) is 36.9 Å². The molecule has 0 N–H and O–H groups in total. The smallest absolute Gasteiger partial charge is 0.338 e. The second-order valence-electron chi connectivity index (χ2n) is 7.06. The van der Waals surface area contributed by atoms with Crippen molar-refractivity contribution in [2.75, 3.05) is 6.61 Å². The number of rotatable bonds is 6. The fraction of sp³-hybridized carbons (Fsp3) is 0.217. The van der Waals surface area contributed by atoms with E-state index in [9.17, 15) is 9.18 Å². The number of thioether (sulfide) groups is 1. The Morgan fingerprint density at radius 2 is 1.91 bits per heavy atom. The fourth-order valence-corrected chi connectivity index (χ4v) is 5.75. The van der Waals surface area contributed by atoms with Gasteiger partial charge < -0.3 is 14.4 Å². The molecule has 2 heterocycles. The number of aliphatic imine (C=N–C) groups is 1. The Hall–Kier alpha value is -2.10. The van der Waals surface area contributed by atoms with Crippen LogP contribution >= 0.6 is 43.6 Å². The molecule has 9 heteroatoms. The maximum Gasteiger partial charge on any atom is 0.338 e. The standard InChI is InChI=1S/C23H19Br2FN2O3S/c1-3-30-22(29)19-13(2)27-23-28(8-9-32-23)20(19)15-10-17(24)21(18(25)11-15)31-12-14-4-6-16(26)7-5-14/h4-11,20H,3,12H2,1-2H3/t20-/m0/s1. The van der Waals surface area contributed by atoms with Gasteiger partial charge in [0.1, 0.15) is 18.2 Å². The van der Waals surface area contributed by atoms with E-state index in [0.29, 0.717) is 17.0 Å². The third kappa shape index (κ3) is 4.65. The van der Waals surface area contributed by atoms with Crippen LogP contribution in [0, 0.1) is 5.82 Å². The van der Waals surface area contributed by atoms with E-state index in [1.807, 2.05) is 35.6 Å². The number of fused-ring (bicyclic) bond motifs is 1. The normalized spacial score (nSPS) is 17.3. The first-order valence-electron chi connectivity index (χ1n) is 9.83. The predicted octanol–water partition coefficient (Wildman–Crippen LogP) is 6.70. The van der Waals surface area contributed by atoms with Crippen LogP contribution in [0.15, 0.2) is 73.2 Å². The van der Waals surface area contributed by atoms with Gasteiger partial charge in [-0.3, -0.25) is 0 Å². The van der Waals surface area contributed by atoms with Gasteiger partial charge in [-0.1, -0.05) is 23.9 Å². The number of nitrogens with zero attached hydrogens (tertiary/aromatic N) is 2. The molecule has 2 aromatic carbocycles. The number of carbonyl (C=O) groups excluding carboxylic acids is 1. The van der Waals surface area contributed by atoms with Crippen LogP contribution in [0.25, 0.3) is 0 Å². The molecule has 0 unspecified atom stereocenters. The van der Waals surface area contributed by atoms with Crippen LogP contribution in [0.4, 0.5) is 4.39 Å². The molecule has 1 atom stereocenters. The van der Waals surface area contributed by atoms with E-state index in [1.54, 1.807) is 19.1 Å². The van der Waals surface area contributed by atoms with Crippen LogP contribution in [0.5, 0.6) is 5.75 Å². The molecule has 5 nitrogen and oxygen atoms in total. The van der Waals surface area contributed by atoms with Crippen LogP contribution in [-0.4, -0.2) is 22.6 Å². The summed E-state index contributed by atoms with van der Waals surface area (Å²) in [6, 6.07) is 9.66. The first kappa shape index (κ1) is 23.1. The van der Waals surface area contributed by atoms with Gasteiger partial charge in [-0.2, -0.15) is 0 Å². The molecule has 0 aliphatic carbocycles. The summed E-state index contributed by atoms with van der Waals surface area (Å²) in [5.41, 5.74) is 2.87. The summed E-state index contributed by atoms with van der Waals surface area (Å²) in [6.07, 6.45) is 1.92. The lowest BCUT2D eigenvalue weighted by Crippen LogP contribution is -2.34. The number of ether oxygens (including phenoxy) is 2. The van der Waals surface area contributed by atoms with E-state index >= 15 is 0 Å². The Morgan fingerprint density at radius 1 is 1.22 bits per heavy atom. The Bertz CT molecular complexity index is 1130. The van der Waals surface area contributed by atoms with Crippen LogP contribution in [0.3, 0.4) is 0 Å². The Morgan fingerprint density at radius 3 is 2.56 bits per heavy atom. The zero-order valence-electron chi connectivity index (χ0n) is 17.3. The van der Waals surface area contributed by atoms with Crippen molar-refractivity contribution in [1.82, 2.24) is 4.90 Å². The molecular weight excluding hydrogens is 563 g/mol. The zero-order chi connectivity index (χ0) is 22.8. The second kappa shape index (κ2) is 9.80. The van der Waals surface area contributed by atoms with Crippen molar-refractivity contribution in [2.45, 2.75) is 26.5 Å². The lowest BCUT2D eigenvalue weighted by atomic mass is 9.95. The largest absolute Gasteiger partial charge is 0.487 e. The van der Waals surface area contributed by atoms with E-state index in [-0.39, 0.29) is 31.0 Å². The van der Waals surface area contributed by atoms with Crippen molar-refractivity contribution in [2.24, 2.45) is 4.99 Å². The van der Waals surface area contributed by atoms with Crippen molar-refractivity contribution >= 4 is 54.8 Å². The maximum atomic E-state index is 13.1. The van der Waals surface area contributed by atoms with Gasteiger partial charge in [0.15, 0.2) is 5.17 Å². The monoisotopic (exact) mass is 580 g/mol. The van der Waals surface area contributed by atoms with Gasteiger partial charge in [-0.05, 0) is 86.5 Å². The second-order valence-corrected chi connectivity index (χ2v) is 9.64. The summed E-state index contributed by atoms with van der Waals surface area (Å²) < 4.78 is 25.9. The van der Waals surface area contributed by atoms with E-state index in [4.69, 9.17) is 9.47 Å². The van der Waals surface area contributed by atoms with Crippen molar-refractivity contribution < 1.29 is 18.7 Å². The van der Waals surface area contributed by atoms with E-state index in [0.717, 1.165) is 25.2 Å². The van der Waals surface area contributed by atoms with Crippen LogP contribution in [0.2, 0.25) is 0 Å². The molecular formula is C23H19Br2FN2O3S. The number of amidine groups is 1. The highest BCUT2D eigenvalue weighted by Crippen LogP contribution is 2.44. The van der Waals surface area contributed by atoms with Gasteiger partial charge in [-0.25, -0.2) is 14.2 Å². The number of hydrogen-bond acceptors (Lipinski definition) is 6.